The summed E-state index contributed by atoms with van der Waals surface area (Å²) in [6.07, 6.45) is 0.0696. The van der Waals surface area contributed by atoms with Gasteiger partial charge in [-0.15, -0.1) is 0 Å². The summed E-state index contributed by atoms with van der Waals surface area (Å²) in [6.45, 7) is 2.40. The van der Waals surface area contributed by atoms with Crippen LogP contribution in [0.1, 0.15) is 13.3 Å². The van der Waals surface area contributed by atoms with Gasteiger partial charge >= 0.3 is 0 Å². The highest BCUT2D eigenvalue weighted by Gasteiger charge is 2.36. The number of nitrogens with zero attached hydrogens (tertiary/aromatic N) is 1. The zero-order valence-corrected chi connectivity index (χ0v) is 8.78. The molecular formula is C7H10N2O2S2. The molecule has 0 aromatic rings. The van der Waals surface area contributed by atoms with E-state index in [-0.39, 0.29) is 12.3 Å². The number of hydrogen-bond donors (Lipinski definition) is 1. The summed E-state index contributed by atoms with van der Waals surface area (Å²) in [5.41, 5.74) is 5.00. The van der Waals surface area contributed by atoms with E-state index < -0.39 is 11.2 Å². The minimum absolute atomic E-state index is 0.0696. The fourth-order valence-electron chi connectivity index (χ4n) is 1.10. The molecule has 0 aliphatic carbocycles. The first kappa shape index (κ1) is 10.5. The van der Waals surface area contributed by atoms with Gasteiger partial charge in [0.2, 0.25) is 11.8 Å². The van der Waals surface area contributed by atoms with E-state index in [0.29, 0.717) is 10.9 Å². The lowest BCUT2D eigenvalue weighted by Crippen LogP contribution is -2.32. The van der Waals surface area contributed by atoms with Crippen molar-refractivity contribution < 1.29 is 9.59 Å². The van der Waals surface area contributed by atoms with Crippen molar-refractivity contribution in [1.82, 2.24) is 4.90 Å². The highest BCUT2D eigenvalue weighted by molar-refractivity contribution is 8.24. The Bertz CT molecular complexity index is 267. The topological polar surface area (TPSA) is 63.4 Å². The largest absolute Gasteiger partial charge is 0.370 e. The highest BCUT2D eigenvalue weighted by atomic mass is 32.2. The first-order valence-electron chi connectivity index (χ1n) is 3.86. The number of carbonyl (C=O) groups excluding carboxylic acids is 2. The molecule has 0 aromatic heterocycles. The summed E-state index contributed by atoms with van der Waals surface area (Å²) < 4.78 is 0.541. The van der Waals surface area contributed by atoms with Gasteiger partial charge in [-0.05, 0) is 6.92 Å². The minimum Gasteiger partial charge on any atom is -0.370 e. The van der Waals surface area contributed by atoms with Gasteiger partial charge in [-0.25, -0.2) is 0 Å². The number of nitrogens with two attached hydrogens (primary N) is 1. The Morgan fingerprint density at radius 2 is 2.38 bits per heavy atom. The van der Waals surface area contributed by atoms with Gasteiger partial charge in [-0.1, -0.05) is 24.0 Å². The highest BCUT2D eigenvalue weighted by Crippen LogP contribution is 2.28. The molecule has 1 rings (SSSR count). The molecule has 1 atom stereocenters. The van der Waals surface area contributed by atoms with Crippen molar-refractivity contribution in [1.29, 1.82) is 0 Å². The SMILES string of the molecule is CCN1C(=O)C(CC(N)=O)SC1=S. The van der Waals surface area contributed by atoms with Gasteiger partial charge in [-0.2, -0.15) is 0 Å². The van der Waals surface area contributed by atoms with Crippen LogP contribution in [0.4, 0.5) is 0 Å². The molecule has 4 nitrogen and oxygen atoms in total. The zero-order chi connectivity index (χ0) is 10.0. The Morgan fingerprint density at radius 3 is 2.77 bits per heavy atom. The van der Waals surface area contributed by atoms with Gasteiger partial charge < -0.3 is 5.73 Å². The van der Waals surface area contributed by atoms with Crippen molar-refractivity contribution in [2.45, 2.75) is 18.6 Å². The summed E-state index contributed by atoms with van der Waals surface area (Å²) in [5, 5.41) is -0.398. The van der Waals surface area contributed by atoms with E-state index in [1.54, 1.807) is 0 Å². The molecule has 0 radical (unpaired) electrons. The van der Waals surface area contributed by atoms with E-state index in [4.69, 9.17) is 18.0 Å². The molecule has 72 valence electrons. The van der Waals surface area contributed by atoms with Crippen LogP contribution in [0.25, 0.3) is 0 Å². The normalized spacial score (nSPS) is 22.5. The van der Waals surface area contributed by atoms with Crippen LogP contribution in [0.5, 0.6) is 0 Å². The second kappa shape index (κ2) is 4.06. The zero-order valence-electron chi connectivity index (χ0n) is 7.15. The van der Waals surface area contributed by atoms with Crippen molar-refractivity contribution in [3.8, 4) is 0 Å². The van der Waals surface area contributed by atoms with Crippen LogP contribution in [0.3, 0.4) is 0 Å². The van der Waals surface area contributed by atoms with Crippen LogP contribution < -0.4 is 5.73 Å². The summed E-state index contributed by atoms with van der Waals surface area (Å²) >= 11 is 6.20. The molecule has 13 heavy (non-hydrogen) atoms. The van der Waals surface area contributed by atoms with Gasteiger partial charge in [-0.3, -0.25) is 14.5 Å². The predicted molar refractivity (Wildman–Crippen MR) is 55.2 cm³/mol. The lowest BCUT2D eigenvalue weighted by Gasteiger charge is -2.11. The molecular weight excluding hydrogens is 208 g/mol. The molecule has 0 saturated carbocycles. The third kappa shape index (κ3) is 2.19. The number of amides is 2. The second-order valence-corrected chi connectivity index (χ2v) is 4.46. The van der Waals surface area contributed by atoms with Gasteiger partial charge in [0.25, 0.3) is 0 Å². The smallest absolute Gasteiger partial charge is 0.242 e. The Kier molecular flexibility index (Phi) is 3.27. The third-order valence-electron chi connectivity index (χ3n) is 1.71. The molecule has 6 heteroatoms. The van der Waals surface area contributed by atoms with Crippen LogP contribution in [0.15, 0.2) is 0 Å². The first-order chi connectivity index (χ1) is 6.06. The second-order valence-electron chi connectivity index (χ2n) is 2.63. The van der Waals surface area contributed by atoms with Crippen LogP contribution >= 0.6 is 24.0 Å². The van der Waals surface area contributed by atoms with Crippen molar-refractivity contribution in [2.75, 3.05) is 6.54 Å². The lowest BCUT2D eigenvalue weighted by atomic mass is 10.2. The summed E-state index contributed by atoms with van der Waals surface area (Å²) in [5.74, 6) is -0.567. The average Bonchev–Trinajstić information content (AvgIpc) is 2.26. The fourth-order valence-corrected chi connectivity index (χ4v) is 2.73. The van der Waals surface area contributed by atoms with E-state index in [9.17, 15) is 9.59 Å². The molecule has 1 aliphatic heterocycles. The summed E-state index contributed by atoms with van der Waals surface area (Å²) in [6, 6.07) is 0. The fraction of sp³-hybridized carbons (Fsp3) is 0.571. The first-order valence-corrected chi connectivity index (χ1v) is 5.15. The van der Waals surface area contributed by atoms with E-state index >= 15 is 0 Å². The lowest BCUT2D eigenvalue weighted by molar-refractivity contribution is -0.128. The molecule has 1 heterocycles. The number of hydrogen-bond acceptors (Lipinski definition) is 4. The molecule has 0 bridgehead atoms. The maximum absolute atomic E-state index is 11.5. The van der Waals surface area contributed by atoms with Crippen molar-refractivity contribution >= 4 is 40.1 Å². The molecule has 0 spiro atoms. The Hall–Kier alpha value is -0.620. The number of thiocarbonyl (C=S) groups is 1. The summed E-state index contributed by atoms with van der Waals surface area (Å²) in [7, 11) is 0. The van der Waals surface area contributed by atoms with Gasteiger partial charge in [0.15, 0.2) is 0 Å². The van der Waals surface area contributed by atoms with Crippen molar-refractivity contribution in [3.63, 3.8) is 0 Å². The minimum atomic E-state index is -0.466. The number of primary amides is 1. The predicted octanol–water partition coefficient (Wildman–Crippen LogP) is 0.111. The molecule has 1 unspecified atom stereocenters. The summed E-state index contributed by atoms with van der Waals surface area (Å²) in [4.78, 5) is 23.6. The van der Waals surface area contributed by atoms with Gasteiger partial charge in [0, 0.05) is 13.0 Å². The maximum Gasteiger partial charge on any atom is 0.242 e. The molecule has 1 fully saturated rings. The Morgan fingerprint density at radius 1 is 1.77 bits per heavy atom. The van der Waals surface area contributed by atoms with Gasteiger partial charge in [0.05, 0.1) is 5.25 Å². The maximum atomic E-state index is 11.5. The van der Waals surface area contributed by atoms with E-state index in [0.717, 1.165) is 0 Å². The number of thioether (sulfide) groups is 1. The van der Waals surface area contributed by atoms with Crippen LogP contribution in [-0.4, -0.2) is 32.8 Å². The monoisotopic (exact) mass is 218 g/mol. The van der Waals surface area contributed by atoms with Crippen LogP contribution in [0.2, 0.25) is 0 Å². The van der Waals surface area contributed by atoms with E-state index in [1.807, 2.05) is 6.92 Å². The molecule has 1 saturated heterocycles. The van der Waals surface area contributed by atoms with E-state index in [1.165, 1.54) is 16.7 Å². The Labute approximate surface area is 85.8 Å². The third-order valence-corrected chi connectivity index (χ3v) is 3.29. The van der Waals surface area contributed by atoms with Crippen LogP contribution in [-0.2, 0) is 9.59 Å². The molecule has 2 amide bonds. The quantitative estimate of drug-likeness (QED) is 0.683. The molecule has 1 aliphatic rings. The Balaban J connectivity index is 2.67. The molecule has 2 N–H and O–H groups in total. The number of rotatable bonds is 3. The standard InChI is InChI=1S/C7H10N2O2S2/c1-2-9-6(11)4(3-5(8)10)13-7(9)12/h4H,2-3H2,1H3,(H2,8,10). The van der Waals surface area contributed by atoms with Crippen molar-refractivity contribution in [3.05, 3.63) is 0 Å². The van der Waals surface area contributed by atoms with Gasteiger partial charge in [0.1, 0.15) is 4.32 Å². The van der Waals surface area contributed by atoms with E-state index in [2.05, 4.69) is 0 Å². The van der Waals surface area contributed by atoms with Crippen LogP contribution in [0, 0.1) is 0 Å². The van der Waals surface area contributed by atoms with Crippen molar-refractivity contribution in [2.24, 2.45) is 5.73 Å². The average molecular weight is 218 g/mol. The number of carbonyl (C=O) groups is 2. The molecule has 0 aromatic carbocycles.